The van der Waals surface area contributed by atoms with E-state index in [9.17, 15) is 0 Å². The number of furan rings is 1. The van der Waals surface area contributed by atoms with Gasteiger partial charge < -0.3 is 4.42 Å². The van der Waals surface area contributed by atoms with Gasteiger partial charge in [0, 0.05) is 0 Å². The van der Waals surface area contributed by atoms with Gasteiger partial charge >= 0.3 is 0 Å². The average Bonchev–Trinajstić information content (AvgIpc) is 3.07. The normalized spacial score (nSPS) is 14.9. The maximum Gasteiger partial charge on any atom is 0.193 e. The quantitative estimate of drug-likeness (QED) is 0.569. The zero-order valence-electron chi connectivity index (χ0n) is 10.7. The van der Waals surface area contributed by atoms with Gasteiger partial charge in [0.05, 0.1) is 0 Å². The molecule has 20 heavy (non-hydrogen) atoms. The first-order valence-electron chi connectivity index (χ1n) is 6.67. The molecule has 0 spiro atoms. The van der Waals surface area contributed by atoms with Crippen molar-refractivity contribution in [2.45, 2.75) is 18.2 Å². The van der Waals surface area contributed by atoms with Gasteiger partial charge in [-0.25, -0.2) is 0 Å². The van der Waals surface area contributed by atoms with E-state index in [1.165, 1.54) is 21.9 Å². The highest BCUT2D eigenvalue weighted by Gasteiger charge is 2.21. The SMILES string of the molecule is Clc1ccc(C(Cl)c2ccc3c4c(cccc24)CC3)o1. The largest absolute Gasteiger partial charge is 0.448 e. The summed E-state index contributed by atoms with van der Waals surface area (Å²) in [5.74, 6) is 0.690. The van der Waals surface area contributed by atoms with Gasteiger partial charge in [0.15, 0.2) is 5.22 Å². The Morgan fingerprint density at radius 2 is 1.75 bits per heavy atom. The molecule has 0 saturated heterocycles. The van der Waals surface area contributed by atoms with Gasteiger partial charge in [-0.05, 0) is 64.0 Å². The lowest BCUT2D eigenvalue weighted by molar-refractivity contribution is 0.519. The fourth-order valence-electron chi connectivity index (χ4n) is 3.11. The summed E-state index contributed by atoms with van der Waals surface area (Å²) in [6.07, 6.45) is 2.24. The van der Waals surface area contributed by atoms with Gasteiger partial charge in [-0.3, -0.25) is 0 Å². The monoisotopic (exact) mass is 302 g/mol. The van der Waals surface area contributed by atoms with Crippen LogP contribution in [-0.2, 0) is 12.8 Å². The average molecular weight is 303 g/mol. The minimum Gasteiger partial charge on any atom is -0.448 e. The van der Waals surface area contributed by atoms with Gasteiger partial charge in [0.1, 0.15) is 11.1 Å². The van der Waals surface area contributed by atoms with Gasteiger partial charge in [-0.15, -0.1) is 11.6 Å². The Morgan fingerprint density at radius 3 is 2.50 bits per heavy atom. The summed E-state index contributed by atoms with van der Waals surface area (Å²) in [7, 11) is 0. The van der Waals surface area contributed by atoms with Gasteiger partial charge in [0.25, 0.3) is 0 Å². The van der Waals surface area contributed by atoms with Gasteiger partial charge in [-0.2, -0.15) is 0 Å². The van der Waals surface area contributed by atoms with E-state index in [1.54, 1.807) is 6.07 Å². The van der Waals surface area contributed by atoms with Crippen LogP contribution in [0.5, 0.6) is 0 Å². The number of alkyl halides is 1. The molecule has 0 saturated carbocycles. The molecule has 0 bridgehead atoms. The molecule has 1 aliphatic carbocycles. The lowest BCUT2D eigenvalue weighted by atomic mass is 9.97. The van der Waals surface area contributed by atoms with E-state index >= 15 is 0 Å². The molecule has 0 fully saturated rings. The van der Waals surface area contributed by atoms with Crippen molar-refractivity contribution in [3.8, 4) is 0 Å². The van der Waals surface area contributed by atoms with E-state index in [4.69, 9.17) is 27.6 Å². The molecule has 1 nitrogen and oxygen atoms in total. The second-order valence-corrected chi connectivity index (χ2v) is 5.97. The first-order chi connectivity index (χ1) is 9.74. The van der Waals surface area contributed by atoms with Crippen LogP contribution in [0.2, 0.25) is 5.22 Å². The van der Waals surface area contributed by atoms with Crippen LogP contribution in [0.15, 0.2) is 46.9 Å². The Balaban J connectivity index is 1.93. The Morgan fingerprint density at radius 1 is 0.950 bits per heavy atom. The Bertz CT molecular complexity index is 794. The number of benzene rings is 2. The summed E-state index contributed by atoms with van der Waals surface area (Å²) in [4.78, 5) is 0. The van der Waals surface area contributed by atoms with Crippen LogP contribution >= 0.6 is 23.2 Å². The molecule has 4 rings (SSSR count). The highest BCUT2D eigenvalue weighted by Crippen LogP contribution is 2.39. The number of hydrogen-bond acceptors (Lipinski definition) is 1. The summed E-state index contributed by atoms with van der Waals surface area (Å²) < 4.78 is 5.46. The molecule has 2 aromatic carbocycles. The fraction of sp³-hybridized carbons (Fsp3) is 0.176. The lowest BCUT2D eigenvalue weighted by Crippen LogP contribution is -1.94. The molecule has 1 aromatic heterocycles. The van der Waals surface area contributed by atoms with E-state index in [0.717, 1.165) is 18.4 Å². The summed E-state index contributed by atoms with van der Waals surface area (Å²) in [5, 5.41) is 2.65. The Hall–Kier alpha value is -1.44. The molecule has 0 amide bonds. The third-order valence-corrected chi connectivity index (χ3v) is 4.68. The van der Waals surface area contributed by atoms with Crippen LogP contribution in [-0.4, -0.2) is 0 Å². The van der Waals surface area contributed by atoms with Crippen LogP contribution in [0.25, 0.3) is 10.8 Å². The number of rotatable bonds is 2. The van der Waals surface area contributed by atoms with Gasteiger partial charge in [-0.1, -0.05) is 30.3 Å². The van der Waals surface area contributed by atoms with E-state index in [2.05, 4.69) is 30.3 Å². The Kier molecular flexibility index (Phi) is 2.80. The lowest BCUT2D eigenvalue weighted by Gasteiger charge is -2.12. The second kappa shape index (κ2) is 4.54. The maximum atomic E-state index is 6.60. The fourth-order valence-corrected chi connectivity index (χ4v) is 3.57. The van der Waals surface area contributed by atoms with Crippen molar-refractivity contribution in [1.82, 2.24) is 0 Å². The van der Waals surface area contributed by atoms with Crippen LogP contribution < -0.4 is 0 Å². The molecule has 0 aliphatic heterocycles. The number of aryl methyl sites for hydroxylation is 2. The van der Waals surface area contributed by atoms with Crippen molar-refractivity contribution in [1.29, 1.82) is 0 Å². The molecular formula is C17H12Cl2O. The topological polar surface area (TPSA) is 13.1 Å². The van der Waals surface area contributed by atoms with Gasteiger partial charge in [0.2, 0.25) is 0 Å². The maximum absolute atomic E-state index is 6.60. The molecule has 1 heterocycles. The van der Waals surface area contributed by atoms with E-state index in [-0.39, 0.29) is 5.38 Å². The van der Waals surface area contributed by atoms with Crippen molar-refractivity contribution in [3.63, 3.8) is 0 Å². The number of halogens is 2. The van der Waals surface area contributed by atoms with Crippen molar-refractivity contribution < 1.29 is 4.42 Å². The summed E-state index contributed by atoms with van der Waals surface area (Å²) in [6.45, 7) is 0. The molecule has 100 valence electrons. The van der Waals surface area contributed by atoms with Crippen LogP contribution in [0.4, 0.5) is 0 Å². The van der Waals surface area contributed by atoms with Crippen LogP contribution in [0, 0.1) is 0 Å². The standard InChI is InChI=1S/C17H12Cl2O/c18-15-9-8-14(20-15)17(19)13-7-6-11-5-4-10-2-1-3-12(13)16(10)11/h1-3,6-9,17H,4-5H2. The van der Waals surface area contributed by atoms with Crippen LogP contribution in [0.1, 0.15) is 27.8 Å². The summed E-state index contributed by atoms with van der Waals surface area (Å²) >= 11 is 12.4. The third kappa shape index (κ3) is 1.77. The highest BCUT2D eigenvalue weighted by atomic mass is 35.5. The molecule has 3 aromatic rings. The smallest absolute Gasteiger partial charge is 0.193 e. The zero-order valence-corrected chi connectivity index (χ0v) is 12.2. The molecular weight excluding hydrogens is 291 g/mol. The molecule has 1 aliphatic rings. The zero-order chi connectivity index (χ0) is 13.7. The van der Waals surface area contributed by atoms with Crippen molar-refractivity contribution >= 4 is 34.0 Å². The summed E-state index contributed by atoms with van der Waals surface area (Å²) in [6, 6.07) is 14.3. The molecule has 1 atom stereocenters. The number of hydrogen-bond donors (Lipinski definition) is 0. The van der Waals surface area contributed by atoms with E-state index < -0.39 is 0 Å². The second-order valence-electron chi connectivity index (χ2n) is 5.16. The first-order valence-corrected chi connectivity index (χ1v) is 7.48. The molecule has 0 radical (unpaired) electrons. The molecule has 3 heteroatoms. The van der Waals surface area contributed by atoms with Crippen molar-refractivity contribution in [3.05, 3.63) is 70.1 Å². The van der Waals surface area contributed by atoms with E-state index in [1.807, 2.05) is 6.07 Å². The predicted molar refractivity (Wildman–Crippen MR) is 82.8 cm³/mol. The van der Waals surface area contributed by atoms with Crippen molar-refractivity contribution in [2.75, 3.05) is 0 Å². The Labute approximate surface area is 127 Å². The minimum absolute atomic E-state index is 0.313. The molecule has 1 unspecified atom stereocenters. The summed E-state index contributed by atoms with van der Waals surface area (Å²) in [5.41, 5.74) is 3.92. The van der Waals surface area contributed by atoms with Crippen LogP contribution in [0.3, 0.4) is 0 Å². The predicted octanol–water partition coefficient (Wildman–Crippen LogP) is 5.51. The van der Waals surface area contributed by atoms with E-state index in [0.29, 0.717) is 11.0 Å². The minimum atomic E-state index is -0.313. The molecule has 0 N–H and O–H groups in total. The van der Waals surface area contributed by atoms with Crippen molar-refractivity contribution in [2.24, 2.45) is 0 Å². The third-order valence-electron chi connectivity index (χ3n) is 4.03. The highest BCUT2D eigenvalue weighted by molar-refractivity contribution is 6.29. The first kappa shape index (κ1) is 12.3.